The molecule has 132 valence electrons. The number of amides is 1. The summed E-state index contributed by atoms with van der Waals surface area (Å²) in [4.78, 5) is 16.3. The fraction of sp³-hybridized carbons (Fsp3) is 0.688. The zero-order valence-electron chi connectivity index (χ0n) is 14.1. The van der Waals surface area contributed by atoms with Crippen LogP contribution in [-0.4, -0.2) is 69.4 Å². The van der Waals surface area contributed by atoms with Gasteiger partial charge in [-0.3, -0.25) is 9.69 Å². The third kappa shape index (κ3) is 3.59. The molecular weight excluding hydrogens is 312 g/mol. The lowest BCUT2D eigenvalue weighted by Crippen LogP contribution is -2.43. The van der Waals surface area contributed by atoms with E-state index >= 15 is 0 Å². The highest BCUT2D eigenvalue weighted by Gasteiger charge is 2.38. The molecule has 0 radical (unpaired) electrons. The summed E-state index contributed by atoms with van der Waals surface area (Å²) in [5.41, 5.74) is 0.685. The highest BCUT2D eigenvalue weighted by molar-refractivity contribution is 5.93. The number of likely N-dealkylation sites (tertiary alicyclic amines) is 1. The van der Waals surface area contributed by atoms with Gasteiger partial charge in [0.25, 0.3) is 5.91 Å². The van der Waals surface area contributed by atoms with Crippen molar-refractivity contribution in [3.05, 3.63) is 23.6 Å². The van der Waals surface area contributed by atoms with Gasteiger partial charge in [0, 0.05) is 20.0 Å². The zero-order chi connectivity index (χ0) is 17.1. The molecule has 0 bridgehead atoms. The number of aliphatic hydroxyl groups excluding tert-OH is 1. The Hall–Kier alpha value is -1.93. The Labute approximate surface area is 141 Å². The molecule has 1 unspecified atom stereocenters. The van der Waals surface area contributed by atoms with E-state index in [1.54, 1.807) is 18.1 Å². The average Bonchev–Trinajstić information content (AvgIpc) is 3.18. The minimum atomic E-state index is -0.594. The predicted molar refractivity (Wildman–Crippen MR) is 84.8 cm³/mol. The molecule has 8 nitrogen and oxygen atoms in total. The van der Waals surface area contributed by atoms with Crippen LogP contribution >= 0.6 is 0 Å². The summed E-state index contributed by atoms with van der Waals surface area (Å²) in [5.74, 6) is 1.00. The van der Waals surface area contributed by atoms with Crippen LogP contribution in [0.5, 0.6) is 0 Å². The van der Waals surface area contributed by atoms with Gasteiger partial charge in [-0.05, 0) is 19.4 Å². The number of ether oxygens (including phenoxy) is 1. The van der Waals surface area contributed by atoms with Crippen LogP contribution in [0.2, 0.25) is 0 Å². The topological polar surface area (TPSA) is 91.9 Å². The van der Waals surface area contributed by atoms with Gasteiger partial charge in [0.05, 0.1) is 37.1 Å². The second-order valence-electron chi connectivity index (χ2n) is 6.24. The quantitative estimate of drug-likeness (QED) is 0.835. The Balaban J connectivity index is 1.65. The van der Waals surface area contributed by atoms with Crippen molar-refractivity contribution >= 4 is 5.91 Å². The van der Waals surface area contributed by atoms with Crippen molar-refractivity contribution in [3.8, 4) is 0 Å². The largest absolute Gasteiger partial charge is 0.501 e. The van der Waals surface area contributed by atoms with E-state index in [4.69, 9.17) is 9.15 Å². The Kier molecular flexibility index (Phi) is 5.15. The second-order valence-corrected chi connectivity index (χ2v) is 6.24. The lowest BCUT2D eigenvalue weighted by molar-refractivity contribution is -0.127. The maximum Gasteiger partial charge on any atom is 0.253 e. The lowest BCUT2D eigenvalue weighted by atomic mass is 10.1. The van der Waals surface area contributed by atoms with E-state index in [9.17, 15) is 9.90 Å². The average molecular weight is 336 g/mol. The van der Waals surface area contributed by atoms with E-state index < -0.39 is 6.10 Å². The molecule has 2 aliphatic heterocycles. The van der Waals surface area contributed by atoms with Crippen LogP contribution in [0, 0.1) is 6.92 Å². The SMILES string of the molecule is CCN(Cc1nnc(C)o1)C1CN(C(=O)C2=COCCC2)C[C@H]1O. The molecule has 1 aromatic heterocycles. The lowest BCUT2D eigenvalue weighted by Gasteiger charge is -2.28. The van der Waals surface area contributed by atoms with Crippen molar-refractivity contribution in [2.24, 2.45) is 0 Å². The first-order valence-corrected chi connectivity index (χ1v) is 8.39. The molecule has 1 N–H and O–H groups in total. The number of aromatic nitrogens is 2. The Morgan fingerprint density at radius 2 is 2.29 bits per heavy atom. The number of rotatable bonds is 5. The van der Waals surface area contributed by atoms with Crippen molar-refractivity contribution in [2.45, 2.75) is 45.4 Å². The van der Waals surface area contributed by atoms with Gasteiger partial charge in [-0.25, -0.2) is 0 Å². The number of carbonyl (C=O) groups is 1. The fourth-order valence-electron chi connectivity index (χ4n) is 3.26. The van der Waals surface area contributed by atoms with Crippen molar-refractivity contribution in [1.82, 2.24) is 20.0 Å². The number of aryl methyl sites for hydroxylation is 1. The first-order valence-electron chi connectivity index (χ1n) is 8.39. The van der Waals surface area contributed by atoms with E-state index in [2.05, 4.69) is 15.1 Å². The van der Waals surface area contributed by atoms with Crippen LogP contribution < -0.4 is 0 Å². The molecule has 3 heterocycles. The predicted octanol–water partition coefficient (Wildman–Crippen LogP) is 0.466. The van der Waals surface area contributed by atoms with Crippen LogP contribution in [0.25, 0.3) is 0 Å². The number of carbonyl (C=O) groups excluding carboxylic acids is 1. The van der Waals surface area contributed by atoms with Crippen molar-refractivity contribution < 1.29 is 19.1 Å². The van der Waals surface area contributed by atoms with E-state index in [-0.39, 0.29) is 11.9 Å². The molecule has 2 atom stereocenters. The molecule has 0 saturated carbocycles. The minimum absolute atomic E-state index is 0.0408. The number of aliphatic hydroxyl groups is 1. The Morgan fingerprint density at radius 1 is 1.46 bits per heavy atom. The van der Waals surface area contributed by atoms with Gasteiger partial charge < -0.3 is 19.2 Å². The second kappa shape index (κ2) is 7.31. The molecule has 24 heavy (non-hydrogen) atoms. The highest BCUT2D eigenvalue weighted by atomic mass is 16.5. The summed E-state index contributed by atoms with van der Waals surface area (Å²) in [6.45, 7) is 6.42. The summed E-state index contributed by atoms with van der Waals surface area (Å²) >= 11 is 0. The van der Waals surface area contributed by atoms with Crippen LogP contribution in [-0.2, 0) is 16.1 Å². The number of likely N-dealkylation sites (N-methyl/N-ethyl adjacent to an activating group) is 1. The molecular formula is C16H24N4O4. The third-order valence-electron chi connectivity index (χ3n) is 4.54. The van der Waals surface area contributed by atoms with Gasteiger partial charge in [0.15, 0.2) is 0 Å². The van der Waals surface area contributed by atoms with Crippen LogP contribution in [0.15, 0.2) is 16.3 Å². The van der Waals surface area contributed by atoms with E-state index in [0.717, 1.165) is 19.4 Å². The van der Waals surface area contributed by atoms with Gasteiger partial charge in [-0.1, -0.05) is 6.92 Å². The van der Waals surface area contributed by atoms with Crippen molar-refractivity contribution in [2.75, 3.05) is 26.2 Å². The molecule has 0 spiro atoms. The van der Waals surface area contributed by atoms with Crippen LogP contribution in [0.4, 0.5) is 0 Å². The summed E-state index contributed by atoms with van der Waals surface area (Å²) in [7, 11) is 0. The van der Waals surface area contributed by atoms with Crippen molar-refractivity contribution in [3.63, 3.8) is 0 Å². The standard InChI is InChI=1S/C16H24N4O4/c1-3-19(9-15-18-17-11(2)24-15)13-7-20(8-14(13)21)16(22)12-5-4-6-23-10-12/h10,13-14,21H,3-9H2,1-2H3/t13?,14-/m1/s1. The van der Waals surface area contributed by atoms with Gasteiger partial charge >= 0.3 is 0 Å². The normalized spacial score (nSPS) is 24.2. The first-order chi connectivity index (χ1) is 11.6. The van der Waals surface area contributed by atoms with Gasteiger partial charge in [0.1, 0.15) is 0 Å². The van der Waals surface area contributed by atoms with E-state index in [0.29, 0.717) is 43.6 Å². The number of nitrogens with zero attached hydrogens (tertiary/aromatic N) is 4. The van der Waals surface area contributed by atoms with Crippen molar-refractivity contribution in [1.29, 1.82) is 0 Å². The highest BCUT2D eigenvalue weighted by Crippen LogP contribution is 2.22. The molecule has 1 amide bonds. The first kappa shape index (κ1) is 16.9. The van der Waals surface area contributed by atoms with E-state index in [1.165, 1.54) is 0 Å². The summed E-state index contributed by atoms with van der Waals surface area (Å²) < 4.78 is 10.7. The number of hydrogen-bond donors (Lipinski definition) is 1. The van der Waals surface area contributed by atoms with Gasteiger partial charge in [-0.15, -0.1) is 10.2 Å². The summed E-state index contributed by atoms with van der Waals surface area (Å²) in [5, 5.41) is 18.3. The summed E-state index contributed by atoms with van der Waals surface area (Å²) in [6, 6.07) is -0.142. The number of β-amino-alcohol motifs (C(OH)–C–C–N with tert-alkyl or cyclic N) is 1. The zero-order valence-corrected chi connectivity index (χ0v) is 14.1. The monoisotopic (exact) mass is 336 g/mol. The molecule has 1 saturated heterocycles. The molecule has 0 aliphatic carbocycles. The Morgan fingerprint density at radius 3 is 2.92 bits per heavy atom. The molecule has 8 heteroatoms. The summed E-state index contributed by atoms with van der Waals surface area (Å²) in [6.07, 6.45) is 2.55. The molecule has 1 aromatic rings. The number of hydrogen-bond acceptors (Lipinski definition) is 7. The van der Waals surface area contributed by atoms with Crippen LogP contribution in [0.1, 0.15) is 31.5 Å². The van der Waals surface area contributed by atoms with Crippen LogP contribution in [0.3, 0.4) is 0 Å². The Bertz CT molecular complexity index is 615. The fourth-order valence-corrected chi connectivity index (χ4v) is 3.26. The minimum Gasteiger partial charge on any atom is -0.501 e. The van der Waals surface area contributed by atoms with Gasteiger partial charge in [0.2, 0.25) is 11.8 Å². The third-order valence-corrected chi connectivity index (χ3v) is 4.54. The molecule has 0 aromatic carbocycles. The molecule has 2 aliphatic rings. The maximum absolute atomic E-state index is 12.6. The van der Waals surface area contributed by atoms with E-state index in [1.807, 2.05) is 6.92 Å². The maximum atomic E-state index is 12.6. The molecule has 3 rings (SSSR count). The van der Waals surface area contributed by atoms with Gasteiger partial charge in [-0.2, -0.15) is 0 Å². The smallest absolute Gasteiger partial charge is 0.253 e. The molecule has 1 fully saturated rings.